The highest BCUT2D eigenvalue weighted by Gasteiger charge is 2.28. The van der Waals surface area contributed by atoms with E-state index < -0.39 is 23.6 Å². The van der Waals surface area contributed by atoms with Gasteiger partial charge in [0.2, 0.25) is 5.78 Å². The first-order valence-electron chi connectivity index (χ1n) is 9.65. The SMILES string of the molecule is Cc1cc(C(=O)NC(Cc2ccccc2)C(=O)C(N)=O)n(-c2coc3ccccc23)n1. The van der Waals surface area contributed by atoms with Crippen LogP contribution in [-0.4, -0.2) is 33.4 Å². The smallest absolute Gasteiger partial charge is 0.287 e. The van der Waals surface area contributed by atoms with Crippen LogP contribution in [0.3, 0.4) is 0 Å². The second-order valence-corrected chi connectivity index (χ2v) is 7.14. The second kappa shape index (κ2) is 8.27. The maximum atomic E-state index is 13.1. The molecule has 0 aliphatic rings. The number of carbonyl (C=O) groups excluding carboxylic acids is 3. The number of hydrogen-bond donors (Lipinski definition) is 2. The first-order chi connectivity index (χ1) is 14.9. The summed E-state index contributed by atoms with van der Waals surface area (Å²) in [5, 5.41) is 7.85. The van der Waals surface area contributed by atoms with Crippen LogP contribution in [0, 0.1) is 6.92 Å². The summed E-state index contributed by atoms with van der Waals surface area (Å²) in [7, 11) is 0. The monoisotopic (exact) mass is 416 g/mol. The molecule has 2 aromatic carbocycles. The minimum Gasteiger partial charge on any atom is -0.462 e. The van der Waals surface area contributed by atoms with Gasteiger partial charge in [-0.05, 0) is 30.7 Å². The van der Waals surface area contributed by atoms with Gasteiger partial charge in [-0.2, -0.15) is 5.10 Å². The molecule has 8 nitrogen and oxygen atoms in total. The molecule has 2 heterocycles. The molecule has 0 radical (unpaired) electrons. The highest BCUT2D eigenvalue weighted by Crippen LogP contribution is 2.25. The molecule has 0 fully saturated rings. The first-order valence-corrected chi connectivity index (χ1v) is 9.65. The molecule has 8 heteroatoms. The average molecular weight is 416 g/mol. The fourth-order valence-corrected chi connectivity index (χ4v) is 3.44. The van der Waals surface area contributed by atoms with Gasteiger partial charge in [-0.3, -0.25) is 14.4 Å². The molecule has 4 rings (SSSR count). The van der Waals surface area contributed by atoms with Crippen LogP contribution in [0.15, 0.2) is 71.3 Å². The Morgan fingerprint density at radius 1 is 1.10 bits per heavy atom. The molecular formula is C23H20N4O4. The Balaban J connectivity index is 1.67. The molecule has 0 bridgehead atoms. The summed E-state index contributed by atoms with van der Waals surface area (Å²) in [5.41, 5.74) is 8.06. The lowest BCUT2D eigenvalue weighted by Crippen LogP contribution is -2.47. The molecule has 0 aliphatic carbocycles. The summed E-state index contributed by atoms with van der Waals surface area (Å²) in [5.74, 6) is -2.53. The maximum absolute atomic E-state index is 13.1. The van der Waals surface area contributed by atoms with E-state index in [1.165, 1.54) is 10.9 Å². The predicted molar refractivity (Wildman–Crippen MR) is 114 cm³/mol. The van der Waals surface area contributed by atoms with Gasteiger partial charge in [-0.15, -0.1) is 0 Å². The number of Topliss-reactive ketones (excluding diaryl/α,β-unsaturated/α-hetero) is 1. The number of amides is 2. The van der Waals surface area contributed by atoms with Crippen LogP contribution >= 0.6 is 0 Å². The number of carbonyl (C=O) groups is 3. The van der Waals surface area contributed by atoms with Gasteiger partial charge in [0, 0.05) is 11.8 Å². The molecule has 0 saturated heterocycles. The van der Waals surface area contributed by atoms with Crippen molar-refractivity contribution < 1.29 is 18.8 Å². The lowest BCUT2D eigenvalue weighted by atomic mass is 10.0. The van der Waals surface area contributed by atoms with E-state index in [0.29, 0.717) is 17.0 Å². The number of hydrogen-bond acceptors (Lipinski definition) is 5. The van der Waals surface area contributed by atoms with Crippen molar-refractivity contribution in [1.29, 1.82) is 0 Å². The fraction of sp³-hybridized carbons (Fsp3) is 0.130. The lowest BCUT2D eigenvalue weighted by molar-refractivity contribution is -0.137. The molecule has 0 aliphatic heterocycles. The Morgan fingerprint density at radius 2 is 1.81 bits per heavy atom. The van der Waals surface area contributed by atoms with Crippen LogP contribution in [0.2, 0.25) is 0 Å². The number of rotatable bonds is 7. The molecule has 31 heavy (non-hydrogen) atoms. The van der Waals surface area contributed by atoms with E-state index in [1.807, 2.05) is 42.5 Å². The van der Waals surface area contributed by atoms with Gasteiger partial charge in [0.15, 0.2) is 0 Å². The van der Waals surface area contributed by atoms with Crippen molar-refractivity contribution in [2.24, 2.45) is 5.73 Å². The predicted octanol–water partition coefficient (Wildman–Crippen LogP) is 2.32. The van der Waals surface area contributed by atoms with Crippen LogP contribution in [-0.2, 0) is 16.0 Å². The van der Waals surface area contributed by atoms with Crippen LogP contribution < -0.4 is 11.1 Å². The van der Waals surface area contributed by atoms with Crippen molar-refractivity contribution >= 4 is 28.6 Å². The summed E-state index contributed by atoms with van der Waals surface area (Å²) >= 11 is 0. The zero-order valence-electron chi connectivity index (χ0n) is 16.7. The van der Waals surface area contributed by atoms with Gasteiger partial charge in [-0.25, -0.2) is 4.68 Å². The summed E-state index contributed by atoms with van der Waals surface area (Å²) in [6, 6.07) is 17.0. The zero-order valence-corrected chi connectivity index (χ0v) is 16.7. The van der Waals surface area contributed by atoms with E-state index in [-0.39, 0.29) is 12.1 Å². The average Bonchev–Trinajstić information content (AvgIpc) is 3.36. The van der Waals surface area contributed by atoms with E-state index in [0.717, 1.165) is 10.9 Å². The molecule has 1 unspecified atom stereocenters. The van der Waals surface area contributed by atoms with Crippen molar-refractivity contribution in [2.75, 3.05) is 0 Å². The van der Waals surface area contributed by atoms with E-state index in [1.54, 1.807) is 25.1 Å². The van der Waals surface area contributed by atoms with Gasteiger partial charge in [0.25, 0.3) is 11.8 Å². The Labute approximate surface area is 177 Å². The number of ketones is 1. The van der Waals surface area contributed by atoms with Crippen LogP contribution in [0.1, 0.15) is 21.7 Å². The minimum absolute atomic E-state index is 0.135. The quantitative estimate of drug-likeness (QED) is 0.448. The molecule has 3 N–H and O–H groups in total. The van der Waals surface area contributed by atoms with E-state index in [2.05, 4.69) is 10.4 Å². The number of nitrogens with one attached hydrogen (secondary N) is 1. The van der Waals surface area contributed by atoms with Gasteiger partial charge in [-0.1, -0.05) is 42.5 Å². The van der Waals surface area contributed by atoms with E-state index >= 15 is 0 Å². The minimum atomic E-state index is -1.10. The summed E-state index contributed by atoms with van der Waals surface area (Å²) < 4.78 is 7.03. The number of aromatic nitrogens is 2. The summed E-state index contributed by atoms with van der Waals surface area (Å²) in [4.78, 5) is 37.1. The highest BCUT2D eigenvalue weighted by molar-refractivity contribution is 6.38. The molecular weight excluding hydrogens is 396 g/mol. The number of para-hydroxylation sites is 1. The van der Waals surface area contributed by atoms with Gasteiger partial charge in [0.05, 0.1) is 5.69 Å². The third-order valence-corrected chi connectivity index (χ3v) is 4.90. The number of nitrogens with two attached hydrogens (primary N) is 1. The number of fused-ring (bicyclic) bond motifs is 1. The van der Waals surface area contributed by atoms with Gasteiger partial charge < -0.3 is 15.5 Å². The molecule has 1 atom stereocenters. The zero-order chi connectivity index (χ0) is 22.0. The highest BCUT2D eigenvalue weighted by atomic mass is 16.3. The number of primary amides is 1. The van der Waals surface area contributed by atoms with Gasteiger partial charge >= 0.3 is 0 Å². The normalized spacial score (nSPS) is 11.9. The van der Waals surface area contributed by atoms with Gasteiger partial charge in [0.1, 0.15) is 29.3 Å². The third-order valence-electron chi connectivity index (χ3n) is 4.90. The number of aryl methyl sites for hydroxylation is 1. The van der Waals surface area contributed by atoms with Crippen LogP contribution in [0.4, 0.5) is 0 Å². The van der Waals surface area contributed by atoms with Crippen molar-refractivity contribution in [3.8, 4) is 5.69 Å². The largest absolute Gasteiger partial charge is 0.462 e. The molecule has 2 amide bonds. The van der Waals surface area contributed by atoms with Crippen LogP contribution in [0.25, 0.3) is 16.7 Å². The standard InChI is InChI=1S/C23H20N4O4/c1-14-11-18(27(26-14)19-13-31-20-10-6-5-9-16(19)20)23(30)25-17(21(28)22(24)29)12-15-7-3-2-4-8-15/h2-11,13,17H,12H2,1H3,(H2,24,29)(H,25,30). The Hall–Kier alpha value is -4.20. The van der Waals surface area contributed by atoms with Crippen molar-refractivity contribution in [3.05, 3.63) is 83.9 Å². The first kappa shape index (κ1) is 20.1. The number of benzene rings is 2. The molecule has 0 saturated carbocycles. The number of nitrogens with zero attached hydrogens (tertiary/aromatic N) is 2. The maximum Gasteiger partial charge on any atom is 0.287 e. The molecule has 0 spiro atoms. The lowest BCUT2D eigenvalue weighted by Gasteiger charge is -2.16. The van der Waals surface area contributed by atoms with E-state index in [4.69, 9.17) is 10.2 Å². The Kier molecular flexibility index (Phi) is 5.36. The molecule has 4 aromatic rings. The third kappa shape index (κ3) is 4.09. The van der Waals surface area contributed by atoms with Crippen molar-refractivity contribution in [3.63, 3.8) is 0 Å². The number of furan rings is 1. The second-order valence-electron chi connectivity index (χ2n) is 7.14. The molecule has 2 aromatic heterocycles. The topological polar surface area (TPSA) is 120 Å². The molecule has 156 valence electrons. The Morgan fingerprint density at radius 3 is 2.55 bits per heavy atom. The fourth-order valence-electron chi connectivity index (χ4n) is 3.44. The van der Waals surface area contributed by atoms with Crippen molar-refractivity contribution in [2.45, 2.75) is 19.4 Å². The van der Waals surface area contributed by atoms with E-state index in [9.17, 15) is 14.4 Å². The van der Waals surface area contributed by atoms with Crippen molar-refractivity contribution in [1.82, 2.24) is 15.1 Å². The summed E-state index contributed by atoms with van der Waals surface area (Å²) in [6.45, 7) is 1.76. The Bertz CT molecular complexity index is 1270. The van der Waals surface area contributed by atoms with Crippen LogP contribution in [0.5, 0.6) is 0 Å². The summed E-state index contributed by atoms with van der Waals surface area (Å²) in [6.07, 6.45) is 1.65.